The Morgan fingerprint density at radius 2 is 0.513 bits per heavy atom. The van der Waals surface area contributed by atoms with Gasteiger partial charge in [0.1, 0.15) is 13.2 Å². The van der Waals surface area contributed by atoms with E-state index in [2.05, 4.69) is 130 Å². The second-order valence-corrected chi connectivity index (χ2v) is 21.0. The molecule has 0 aromatic heterocycles. The third-order valence-electron chi connectivity index (χ3n) is 13.5. The van der Waals surface area contributed by atoms with Crippen LogP contribution in [-0.4, -0.2) is 37.2 Å². The van der Waals surface area contributed by atoms with E-state index >= 15 is 0 Å². The van der Waals surface area contributed by atoms with Gasteiger partial charge in [-0.05, 0) is 89.9 Å². The molecule has 0 radical (unpaired) electrons. The molecule has 1 atom stereocenters. The fourth-order valence-electron chi connectivity index (χ4n) is 8.79. The lowest BCUT2D eigenvalue weighted by molar-refractivity contribution is -0.167. The Labute approximate surface area is 470 Å². The second kappa shape index (κ2) is 63.6. The van der Waals surface area contributed by atoms with Crippen LogP contribution in [-0.2, 0) is 28.6 Å². The van der Waals surface area contributed by atoms with Crippen LogP contribution in [0.15, 0.2) is 109 Å². The summed E-state index contributed by atoms with van der Waals surface area (Å²) in [6.07, 6.45) is 86.8. The average Bonchev–Trinajstić information content (AvgIpc) is 3.42. The number of esters is 3. The number of allylic oxidation sites excluding steroid dienone is 18. The molecule has 6 nitrogen and oxygen atoms in total. The van der Waals surface area contributed by atoms with Crippen LogP contribution in [0.5, 0.6) is 0 Å². The Hall–Kier alpha value is -3.93. The number of hydrogen-bond acceptors (Lipinski definition) is 6. The predicted octanol–water partition coefficient (Wildman–Crippen LogP) is 21.8. The van der Waals surface area contributed by atoms with Crippen molar-refractivity contribution in [1.29, 1.82) is 0 Å². The van der Waals surface area contributed by atoms with Gasteiger partial charge in [0.25, 0.3) is 0 Å². The molecule has 76 heavy (non-hydrogen) atoms. The lowest BCUT2D eigenvalue weighted by Crippen LogP contribution is -2.30. The number of ether oxygens (including phenoxy) is 3. The van der Waals surface area contributed by atoms with Gasteiger partial charge in [0.15, 0.2) is 6.10 Å². The molecule has 0 aromatic rings. The highest BCUT2D eigenvalue weighted by Crippen LogP contribution is 2.16. The van der Waals surface area contributed by atoms with Gasteiger partial charge < -0.3 is 14.2 Å². The summed E-state index contributed by atoms with van der Waals surface area (Å²) >= 11 is 0. The number of unbranched alkanes of at least 4 members (excludes halogenated alkanes) is 28. The fourth-order valence-corrected chi connectivity index (χ4v) is 8.79. The molecule has 0 amide bonds. The van der Waals surface area contributed by atoms with Crippen LogP contribution in [0.1, 0.15) is 297 Å². The number of carbonyl (C=O) groups is 3. The van der Waals surface area contributed by atoms with Gasteiger partial charge in [0.2, 0.25) is 0 Å². The standard InChI is InChI=1S/C70H118O6/c1-4-7-10-13-16-19-21-23-25-27-28-29-30-31-32-33-34-35-36-37-38-39-40-41-42-44-45-47-49-51-54-57-60-63-69(72)75-66-67(65-74-68(71)62-59-56-53-18-15-12-9-6-3)76-70(73)64-61-58-55-52-50-48-46-43-26-24-22-20-17-14-11-8-5-2/h7,10,16,19,23,25,28-29,31-32,34-35,37-38,40-41,44-45,67H,4-6,8-9,11-15,17-18,20-22,24,26-27,30,33,36,39,42-43,46-66H2,1-3H3/b10-7-,19-16-,25-23-,29-28-,32-31-,35-34-,38-37-,41-40-,45-44-. The summed E-state index contributed by atoms with van der Waals surface area (Å²) in [4.78, 5) is 38.1. The lowest BCUT2D eigenvalue weighted by atomic mass is 10.0. The minimum Gasteiger partial charge on any atom is -0.462 e. The molecule has 0 aliphatic rings. The first kappa shape index (κ1) is 72.1. The van der Waals surface area contributed by atoms with Gasteiger partial charge in [-0.15, -0.1) is 0 Å². The molecule has 0 fully saturated rings. The largest absolute Gasteiger partial charge is 0.462 e. The molecule has 0 aliphatic carbocycles. The van der Waals surface area contributed by atoms with E-state index in [1.807, 2.05) is 0 Å². The van der Waals surface area contributed by atoms with Crippen LogP contribution in [0.4, 0.5) is 0 Å². The van der Waals surface area contributed by atoms with E-state index in [9.17, 15) is 14.4 Å². The van der Waals surface area contributed by atoms with Crippen molar-refractivity contribution in [3.8, 4) is 0 Å². The molecular formula is C70H118O6. The summed E-state index contributed by atoms with van der Waals surface area (Å²) in [7, 11) is 0. The number of hydrogen-bond donors (Lipinski definition) is 0. The zero-order chi connectivity index (χ0) is 55.0. The van der Waals surface area contributed by atoms with Crippen molar-refractivity contribution < 1.29 is 28.6 Å². The van der Waals surface area contributed by atoms with Gasteiger partial charge in [-0.1, -0.05) is 297 Å². The molecule has 0 heterocycles. The van der Waals surface area contributed by atoms with E-state index in [0.29, 0.717) is 19.3 Å². The van der Waals surface area contributed by atoms with Crippen LogP contribution in [0.2, 0.25) is 0 Å². The second-order valence-electron chi connectivity index (χ2n) is 21.0. The summed E-state index contributed by atoms with van der Waals surface area (Å²) in [5, 5.41) is 0. The Kier molecular flexibility index (Phi) is 60.3. The lowest BCUT2D eigenvalue weighted by Gasteiger charge is -2.18. The van der Waals surface area contributed by atoms with Gasteiger partial charge in [0, 0.05) is 19.3 Å². The molecule has 0 rings (SSSR count). The van der Waals surface area contributed by atoms with E-state index in [4.69, 9.17) is 14.2 Å². The third-order valence-corrected chi connectivity index (χ3v) is 13.5. The summed E-state index contributed by atoms with van der Waals surface area (Å²) in [6, 6.07) is 0. The molecule has 0 aromatic carbocycles. The molecule has 1 unspecified atom stereocenters. The first-order chi connectivity index (χ1) is 37.5. The Balaban J connectivity index is 4.21. The molecule has 434 valence electrons. The molecule has 0 saturated heterocycles. The molecule has 0 aliphatic heterocycles. The van der Waals surface area contributed by atoms with E-state index in [0.717, 1.165) is 135 Å². The normalized spacial score (nSPS) is 12.8. The topological polar surface area (TPSA) is 78.9 Å². The SMILES string of the molecule is CC/C=C\C/C=C\C/C=C\C/C=C\C/C=C\C/C=C\C/C=C\C/C=C\C/C=C\CCCCCCCC(=O)OCC(COC(=O)CCCCCCCCCC)OC(=O)CCCCCCCCCCCCCCCCCCC. The minimum atomic E-state index is -0.783. The molecular weight excluding hydrogens is 937 g/mol. The van der Waals surface area contributed by atoms with Crippen molar-refractivity contribution in [2.24, 2.45) is 0 Å². The maximum absolute atomic E-state index is 12.8. The zero-order valence-corrected chi connectivity index (χ0v) is 49.7. The molecule has 0 spiro atoms. The van der Waals surface area contributed by atoms with Crippen molar-refractivity contribution in [2.45, 2.75) is 303 Å². The summed E-state index contributed by atoms with van der Waals surface area (Å²) in [5.74, 6) is -0.897. The monoisotopic (exact) mass is 1050 g/mol. The number of rotatable bonds is 57. The first-order valence-corrected chi connectivity index (χ1v) is 31.9. The number of carbonyl (C=O) groups excluding carboxylic acids is 3. The smallest absolute Gasteiger partial charge is 0.306 e. The van der Waals surface area contributed by atoms with E-state index in [1.54, 1.807) is 0 Å². The maximum Gasteiger partial charge on any atom is 0.306 e. The highest BCUT2D eigenvalue weighted by Gasteiger charge is 2.19. The van der Waals surface area contributed by atoms with Crippen molar-refractivity contribution >= 4 is 17.9 Å². The van der Waals surface area contributed by atoms with Gasteiger partial charge >= 0.3 is 17.9 Å². The summed E-state index contributed by atoms with van der Waals surface area (Å²) in [6.45, 7) is 6.50. The van der Waals surface area contributed by atoms with Crippen LogP contribution >= 0.6 is 0 Å². The molecule has 6 heteroatoms. The van der Waals surface area contributed by atoms with Gasteiger partial charge in [-0.3, -0.25) is 14.4 Å². The fraction of sp³-hybridized carbons (Fsp3) is 0.700. The predicted molar refractivity (Wildman–Crippen MR) is 330 cm³/mol. The molecule has 0 N–H and O–H groups in total. The highest BCUT2D eigenvalue weighted by atomic mass is 16.6. The van der Waals surface area contributed by atoms with Crippen LogP contribution in [0.3, 0.4) is 0 Å². The zero-order valence-electron chi connectivity index (χ0n) is 49.7. The molecule has 0 saturated carbocycles. The first-order valence-electron chi connectivity index (χ1n) is 31.9. The van der Waals surface area contributed by atoms with E-state index < -0.39 is 6.10 Å². The third kappa shape index (κ3) is 60.9. The van der Waals surface area contributed by atoms with Crippen molar-refractivity contribution in [1.82, 2.24) is 0 Å². The van der Waals surface area contributed by atoms with E-state index in [-0.39, 0.29) is 31.1 Å². The van der Waals surface area contributed by atoms with Crippen molar-refractivity contribution in [3.05, 3.63) is 109 Å². The van der Waals surface area contributed by atoms with Gasteiger partial charge in [-0.2, -0.15) is 0 Å². The minimum absolute atomic E-state index is 0.0810. The highest BCUT2D eigenvalue weighted by molar-refractivity contribution is 5.71. The van der Waals surface area contributed by atoms with Gasteiger partial charge in [-0.25, -0.2) is 0 Å². The van der Waals surface area contributed by atoms with Crippen LogP contribution in [0.25, 0.3) is 0 Å². The van der Waals surface area contributed by atoms with E-state index in [1.165, 1.54) is 122 Å². The van der Waals surface area contributed by atoms with Crippen molar-refractivity contribution in [3.63, 3.8) is 0 Å². The Morgan fingerprint density at radius 1 is 0.276 bits per heavy atom. The maximum atomic E-state index is 12.8. The quantitative estimate of drug-likeness (QED) is 0.0261. The Morgan fingerprint density at radius 3 is 0.803 bits per heavy atom. The summed E-state index contributed by atoms with van der Waals surface area (Å²) in [5.41, 5.74) is 0. The van der Waals surface area contributed by atoms with Gasteiger partial charge in [0.05, 0.1) is 0 Å². The van der Waals surface area contributed by atoms with Crippen LogP contribution in [0, 0.1) is 0 Å². The van der Waals surface area contributed by atoms with Crippen LogP contribution < -0.4 is 0 Å². The average molecular weight is 1060 g/mol. The van der Waals surface area contributed by atoms with Crippen molar-refractivity contribution in [2.75, 3.05) is 13.2 Å². The Bertz CT molecular complexity index is 1540. The summed E-state index contributed by atoms with van der Waals surface area (Å²) < 4.78 is 16.8. The molecule has 0 bridgehead atoms.